The Morgan fingerprint density at radius 3 is 2.59 bits per heavy atom. The van der Waals surface area contributed by atoms with Crippen LogP contribution in [0.4, 0.5) is 11.4 Å². The van der Waals surface area contributed by atoms with Gasteiger partial charge in [0.1, 0.15) is 16.9 Å². The molecule has 5 rings (SSSR count). The second kappa shape index (κ2) is 8.51. The highest BCUT2D eigenvalue weighted by Crippen LogP contribution is 2.38. The normalized spacial score (nSPS) is 13.1. The summed E-state index contributed by atoms with van der Waals surface area (Å²) in [6, 6.07) is 14.8. The van der Waals surface area contributed by atoms with Gasteiger partial charge in [0.2, 0.25) is 5.91 Å². The van der Waals surface area contributed by atoms with Crippen LogP contribution in [0.1, 0.15) is 6.42 Å². The summed E-state index contributed by atoms with van der Waals surface area (Å²) >= 11 is 6.35. The van der Waals surface area contributed by atoms with Crippen LogP contribution >= 0.6 is 11.6 Å². The summed E-state index contributed by atoms with van der Waals surface area (Å²) in [7, 11) is 1.56. The van der Waals surface area contributed by atoms with E-state index in [0.717, 1.165) is 22.8 Å². The van der Waals surface area contributed by atoms with Crippen molar-refractivity contribution < 1.29 is 23.4 Å². The van der Waals surface area contributed by atoms with E-state index in [1.54, 1.807) is 25.3 Å². The van der Waals surface area contributed by atoms with Gasteiger partial charge in [-0.25, -0.2) is 0 Å². The minimum Gasteiger partial charge on any atom is -0.495 e. The predicted octanol–water partition coefficient (Wildman–Crippen LogP) is 5.46. The number of nitrogens with one attached hydrogen (secondary N) is 2. The molecule has 4 aromatic rings. The number of methoxy groups -OCH3 is 1. The maximum Gasteiger partial charge on any atom is 0.243 e. The smallest absolute Gasteiger partial charge is 0.243 e. The Balaban J connectivity index is 1.34. The molecular weight excluding hydrogens is 432 g/mol. The van der Waals surface area contributed by atoms with Crippen LogP contribution in [0.15, 0.2) is 52.9 Å². The van der Waals surface area contributed by atoms with Crippen molar-refractivity contribution in [2.24, 2.45) is 0 Å². The molecule has 0 atom stereocenters. The summed E-state index contributed by atoms with van der Waals surface area (Å²) in [4.78, 5) is 12.7. The van der Waals surface area contributed by atoms with Crippen LogP contribution in [0.25, 0.3) is 21.9 Å². The van der Waals surface area contributed by atoms with E-state index in [2.05, 4.69) is 10.6 Å². The van der Waals surface area contributed by atoms with Crippen molar-refractivity contribution in [3.8, 4) is 17.2 Å². The van der Waals surface area contributed by atoms with Crippen LogP contribution in [0.3, 0.4) is 0 Å². The molecule has 0 bridgehead atoms. The van der Waals surface area contributed by atoms with Crippen LogP contribution in [0.2, 0.25) is 5.02 Å². The fraction of sp³-hybridized carbons (Fsp3) is 0.208. The molecule has 1 aromatic heterocycles. The highest BCUT2D eigenvalue weighted by molar-refractivity contribution is 6.33. The Kier molecular flexibility index (Phi) is 5.41. The second-order valence-electron chi connectivity index (χ2n) is 7.38. The molecule has 2 heterocycles. The molecule has 0 spiro atoms. The first-order chi connectivity index (χ1) is 15.6. The van der Waals surface area contributed by atoms with Crippen molar-refractivity contribution in [3.05, 3.63) is 53.6 Å². The molecule has 0 saturated carbocycles. The number of para-hydroxylation sites is 1. The third-order valence-electron chi connectivity index (χ3n) is 5.25. The van der Waals surface area contributed by atoms with E-state index in [1.807, 2.05) is 30.3 Å². The quantitative estimate of drug-likeness (QED) is 0.418. The number of furan rings is 1. The number of benzene rings is 3. The SMILES string of the molecule is COc1cc2c(cc1NC(=O)CNc1cc3c(cc1Cl)OCCCO3)oc1ccccc12. The molecule has 3 aromatic carbocycles. The third kappa shape index (κ3) is 3.87. The van der Waals surface area contributed by atoms with Gasteiger partial charge in [-0.3, -0.25) is 4.79 Å². The Morgan fingerprint density at radius 2 is 1.78 bits per heavy atom. The topological polar surface area (TPSA) is 82.0 Å². The molecule has 1 amide bonds. The summed E-state index contributed by atoms with van der Waals surface area (Å²) in [6.45, 7) is 1.15. The Labute approximate surface area is 189 Å². The van der Waals surface area contributed by atoms with Crippen molar-refractivity contribution in [2.75, 3.05) is 37.5 Å². The van der Waals surface area contributed by atoms with E-state index < -0.39 is 0 Å². The molecule has 8 heteroatoms. The van der Waals surface area contributed by atoms with Gasteiger partial charge in [-0.05, 0) is 12.1 Å². The summed E-state index contributed by atoms with van der Waals surface area (Å²) in [5, 5.41) is 8.29. The predicted molar refractivity (Wildman–Crippen MR) is 124 cm³/mol. The van der Waals surface area contributed by atoms with E-state index >= 15 is 0 Å². The molecule has 0 saturated heterocycles. The Bertz CT molecular complexity index is 1320. The van der Waals surface area contributed by atoms with Gasteiger partial charge >= 0.3 is 0 Å². The lowest BCUT2D eigenvalue weighted by molar-refractivity contribution is -0.114. The van der Waals surface area contributed by atoms with E-state index in [4.69, 9.17) is 30.2 Å². The molecular formula is C24H21ClN2O5. The second-order valence-corrected chi connectivity index (χ2v) is 7.79. The van der Waals surface area contributed by atoms with Gasteiger partial charge in [0.05, 0.1) is 43.3 Å². The number of anilines is 2. The van der Waals surface area contributed by atoms with E-state index in [9.17, 15) is 4.79 Å². The molecule has 2 N–H and O–H groups in total. The zero-order valence-corrected chi connectivity index (χ0v) is 18.1. The number of ether oxygens (including phenoxy) is 3. The average Bonchev–Trinajstić information content (AvgIpc) is 2.99. The molecule has 0 radical (unpaired) electrons. The summed E-state index contributed by atoms with van der Waals surface area (Å²) in [6.07, 6.45) is 0.800. The number of hydrogen-bond acceptors (Lipinski definition) is 6. The van der Waals surface area contributed by atoms with Gasteiger partial charge in [-0.2, -0.15) is 0 Å². The summed E-state index contributed by atoms with van der Waals surface area (Å²) < 4.78 is 22.7. The van der Waals surface area contributed by atoms with Gasteiger partial charge in [-0.15, -0.1) is 0 Å². The number of amides is 1. The highest BCUT2D eigenvalue weighted by Gasteiger charge is 2.16. The zero-order chi connectivity index (χ0) is 22.1. The van der Waals surface area contributed by atoms with Crippen molar-refractivity contribution in [2.45, 2.75) is 6.42 Å². The largest absolute Gasteiger partial charge is 0.495 e. The lowest BCUT2D eigenvalue weighted by Gasteiger charge is -2.14. The van der Waals surface area contributed by atoms with Gasteiger partial charge in [0, 0.05) is 35.4 Å². The fourth-order valence-corrected chi connectivity index (χ4v) is 3.93. The molecule has 7 nitrogen and oxygen atoms in total. The molecule has 0 unspecified atom stereocenters. The Morgan fingerprint density at radius 1 is 1.00 bits per heavy atom. The molecule has 0 fully saturated rings. The molecule has 32 heavy (non-hydrogen) atoms. The van der Waals surface area contributed by atoms with Gasteiger partial charge in [0.15, 0.2) is 11.5 Å². The van der Waals surface area contributed by atoms with Crippen LogP contribution in [-0.4, -0.2) is 32.8 Å². The van der Waals surface area contributed by atoms with Crippen molar-refractivity contribution in [1.29, 1.82) is 0 Å². The molecule has 0 aliphatic carbocycles. The van der Waals surface area contributed by atoms with Crippen molar-refractivity contribution in [3.63, 3.8) is 0 Å². The average molecular weight is 453 g/mol. The molecule has 164 valence electrons. The minimum absolute atomic E-state index is 0.000680. The number of fused-ring (bicyclic) bond motifs is 4. The van der Waals surface area contributed by atoms with Gasteiger partial charge < -0.3 is 29.3 Å². The lowest BCUT2D eigenvalue weighted by atomic mass is 10.1. The van der Waals surface area contributed by atoms with Crippen molar-refractivity contribution in [1.82, 2.24) is 0 Å². The number of halogens is 1. The third-order valence-corrected chi connectivity index (χ3v) is 5.56. The highest BCUT2D eigenvalue weighted by atomic mass is 35.5. The van der Waals surface area contributed by atoms with Gasteiger partial charge in [0.25, 0.3) is 0 Å². The first-order valence-electron chi connectivity index (χ1n) is 10.2. The Hall–Kier alpha value is -3.58. The van der Waals surface area contributed by atoms with E-state index in [1.165, 1.54) is 0 Å². The first kappa shape index (κ1) is 20.3. The monoisotopic (exact) mass is 452 g/mol. The molecule has 1 aliphatic rings. The first-order valence-corrected chi connectivity index (χ1v) is 10.6. The number of carbonyl (C=O) groups is 1. The van der Waals surface area contributed by atoms with Crippen LogP contribution in [-0.2, 0) is 4.79 Å². The number of rotatable bonds is 5. The van der Waals surface area contributed by atoms with Crippen molar-refractivity contribution >= 4 is 50.8 Å². The van der Waals surface area contributed by atoms with E-state index in [-0.39, 0.29) is 12.5 Å². The maximum atomic E-state index is 12.7. The summed E-state index contributed by atoms with van der Waals surface area (Å²) in [5.74, 6) is 1.49. The van der Waals surface area contributed by atoms with Crippen LogP contribution in [0, 0.1) is 0 Å². The van der Waals surface area contributed by atoms with E-state index in [0.29, 0.717) is 52.4 Å². The lowest BCUT2D eigenvalue weighted by Crippen LogP contribution is -2.22. The van der Waals surface area contributed by atoms with Crippen LogP contribution < -0.4 is 24.8 Å². The van der Waals surface area contributed by atoms with Crippen LogP contribution in [0.5, 0.6) is 17.2 Å². The standard InChI is InChI=1S/C24H21ClN2O5/c1-29-21-9-15-14-5-2-3-6-19(14)32-20(15)12-18(21)27-24(28)13-26-17-11-23-22(10-16(17)25)30-7-4-8-31-23/h2-3,5-6,9-12,26H,4,7-8,13H2,1H3,(H,27,28). The molecule has 1 aliphatic heterocycles. The van der Waals surface area contributed by atoms with Gasteiger partial charge in [-0.1, -0.05) is 29.8 Å². The maximum absolute atomic E-state index is 12.7. The zero-order valence-electron chi connectivity index (χ0n) is 17.4. The number of hydrogen-bond donors (Lipinski definition) is 2. The fourth-order valence-electron chi connectivity index (χ4n) is 3.71. The summed E-state index contributed by atoms with van der Waals surface area (Å²) in [5.41, 5.74) is 2.56. The minimum atomic E-state index is -0.262. The number of carbonyl (C=O) groups excluding carboxylic acids is 1.